The second kappa shape index (κ2) is 6.47. The average molecular weight is 280 g/mol. The van der Waals surface area contributed by atoms with Gasteiger partial charge in [-0.25, -0.2) is 4.79 Å². The molecule has 110 valence electrons. The van der Waals surface area contributed by atoms with Crippen LogP contribution in [0.2, 0.25) is 0 Å². The molecule has 2 rings (SSSR count). The minimum absolute atomic E-state index is 0.0914. The molecule has 0 spiro atoms. The SMILES string of the molecule is CC(CO)NC(=O)NC(C)c1ccc2c(c1)OCCO2. The van der Waals surface area contributed by atoms with Gasteiger partial charge in [-0.15, -0.1) is 0 Å². The first-order valence-corrected chi connectivity index (χ1v) is 6.67. The largest absolute Gasteiger partial charge is 0.486 e. The van der Waals surface area contributed by atoms with Gasteiger partial charge in [0, 0.05) is 0 Å². The Labute approximate surface area is 118 Å². The second-order valence-corrected chi connectivity index (χ2v) is 4.83. The highest BCUT2D eigenvalue weighted by Crippen LogP contribution is 2.32. The number of fused-ring (bicyclic) bond motifs is 1. The highest BCUT2D eigenvalue weighted by Gasteiger charge is 2.16. The summed E-state index contributed by atoms with van der Waals surface area (Å²) in [6.07, 6.45) is 0. The molecule has 6 heteroatoms. The summed E-state index contributed by atoms with van der Waals surface area (Å²) in [4.78, 5) is 11.7. The smallest absolute Gasteiger partial charge is 0.315 e. The summed E-state index contributed by atoms with van der Waals surface area (Å²) in [6, 6.07) is 4.85. The van der Waals surface area contributed by atoms with E-state index in [1.54, 1.807) is 6.92 Å². The normalized spacial score (nSPS) is 16.1. The highest BCUT2D eigenvalue weighted by molar-refractivity contribution is 5.74. The Morgan fingerprint density at radius 1 is 1.25 bits per heavy atom. The maximum atomic E-state index is 11.7. The van der Waals surface area contributed by atoms with Crippen LogP contribution in [0.4, 0.5) is 4.79 Å². The van der Waals surface area contributed by atoms with Gasteiger partial charge >= 0.3 is 6.03 Å². The molecule has 2 amide bonds. The monoisotopic (exact) mass is 280 g/mol. The van der Waals surface area contributed by atoms with Gasteiger partial charge in [-0.3, -0.25) is 0 Å². The Bertz CT molecular complexity index is 478. The molecule has 1 aromatic rings. The number of nitrogens with one attached hydrogen (secondary N) is 2. The zero-order valence-corrected chi connectivity index (χ0v) is 11.7. The number of rotatable bonds is 4. The number of ether oxygens (including phenoxy) is 2. The van der Waals surface area contributed by atoms with Crippen LogP contribution in [0.15, 0.2) is 18.2 Å². The van der Waals surface area contributed by atoms with E-state index in [0.717, 1.165) is 11.3 Å². The third-order valence-corrected chi connectivity index (χ3v) is 3.07. The second-order valence-electron chi connectivity index (χ2n) is 4.83. The molecule has 1 aromatic carbocycles. The lowest BCUT2D eigenvalue weighted by atomic mass is 10.1. The molecule has 0 saturated carbocycles. The fourth-order valence-electron chi connectivity index (χ4n) is 1.92. The van der Waals surface area contributed by atoms with Gasteiger partial charge in [-0.1, -0.05) is 6.07 Å². The van der Waals surface area contributed by atoms with E-state index in [1.807, 2.05) is 25.1 Å². The van der Waals surface area contributed by atoms with Crippen molar-refractivity contribution < 1.29 is 19.4 Å². The summed E-state index contributed by atoms with van der Waals surface area (Å²) in [6.45, 7) is 4.61. The number of hydrogen-bond acceptors (Lipinski definition) is 4. The van der Waals surface area contributed by atoms with Crippen LogP contribution in [0, 0.1) is 0 Å². The molecule has 3 N–H and O–H groups in total. The summed E-state index contributed by atoms with van der Waals surface area (Å²) in [7, 11) is 0. The standard InChI is InChI=1S/C14H20N2O4/c1-9(8-17)15-14(18)16-10(2)11-3-4-12-13(7-11)20-6-5-19-12/h3-4,7,9-10,17H,5-6,8H2,1-2H3,(H2,15,16,18). The lowest BCUT2D eigenvalue weighted by Crippen LogP contribution is -2.43. The van der Waals surface area contributed by atoms with E-state index in [4.69, 9.17) is 14.6 Å². The van der Waals surface area contributed by atoms with Crippen LogP contribution >= 0.6 is 0 Å². The molecule has 1 heterocycles. The zero-order chi connectivity index (χ0) is 14.5. The van der Waals surface area contributed by atoms with Crippen molar-refractivity contribution in [3.05, 3.63) is 23.8 Å². The number of hydrogen-bond donors (Lipinski definition) is 3. The van der Waals surface area contributed by atoms with Gasteiger partial charge in [0.2, 0.25) is 0 Å². The number of amides is 2. The first kappa shape index (κ1) is 14.5. The molecule has 0 saturated heterocycles. The molecule has 0 aromatic heterocycles. The van der Waals surface area contributed by atoms with Gasteiger partial charge in [0.15, 0.2) is 11.5 Å². The number of aliphatic hydroxyl groups is 1. The van der Waals surface area contributed by atoms with Crippen molar-refractivity contribution in [2.45, 2.75) is 25.9 Å². The van der Waals surface area contributed by atoms with Crippen LogP contribution in [-0.4, -0.2) is 37.0 Å². The van der Waals surface area contributed by atoms with E-state index in [0.29, 0.717) is 19.0 Å². The summed E-state index contributed by atoms with van der Waals surface area (Å²) in [5.41, 5.74) is 0.932. The molecular formula is C14H20N2O4. The van der Waals surface area contributed by atoms with Crippen LogP contribution in [-0.2, 0) is 0 Å². The minimum atomic E-state index is -0.311. The Hall–Kier alpha value is -1.95. The topological polar surface area (TPSA) is 79.8 Å². The number of carbonyl (C=O) groups is 1. The van der Waals surface area contributed by atoms with Crippen molar-refractivity contribution in [3.8, 4) is 11.5 Å². The van der Waals surface area contributed by atoms with E-state index in [9.17, 15) is 4.79 Å². The van der Waals surface area contributed by atoms with Gasteiger partial charge < -0.3 is 25.2 Å². The first-order chi connectivity index (χ1) is 9.60. The van der Waals surface area contributed by atoms with E-state index >= 15 is 0 Å². The third kappa shape index (κ3) is 3.54. The molecule has 2 unspecified atom stereocenters. The summed E-state index contributed by atoms with van der Waals surface area (Å²) >= 11 is 0. The quantitative estimate of drug-likeness (QED) is 0.774. The van der Waals surface area contributed by atoms with Crippen molar-refractivity contribution in [1.29, 1.82) is 0 Å². The lowest BCUT2D eigenvalue weighted by Gasteiger charge is -2.21. The fourth-order valence-corrected chi connectivity index (χ4v) is 1.92. The Kier molecular flexibility index (Phi) is 4.68. The molecule has 6 nitrogen and oxygen atoms in total. The van der Waals surface area contributed by atoms with E-state index in [2.05, 4.69) is 10.6 Å². The fraction of sp³-hybridized carbons (Fsp3) is 0.500. The van der Waals surface area contributed by atoms with Gasteiger partial charge in [0.1, 0.15) is 13.2 Å². The minimum Gasteiger partial charge on any atom is -0.486 e. The molecule has 0 aliphatic carbocycles. The molecule has 1 aliphatic heterocycles. The van der Waals surface area contributed by atoms with Gasteiger partial charge in [-0.05, 0) is 31.5 Å². The Balaban J connectivity index is 1.98. The molecule has 1 aliphatic rings. The predicted molar refractivity (Wildman–Crippen MR) is 74.1 cm³/mol. The summed E-state index contributed by atoms with van der Waals surface area (Å²) in [5, 5.41) is 14.3. The number of carbonyl (C=O) groups excluding carboxylic acids is 1. The molecule has 0 fully saturated rings. The van der Waals surface area contributed by atoms with Crippen LogP contribution < -0.4 is 20.1 Å². The molecule has 0 bridgehead atoms. The van der Waals surface area contributed by atoms with Crippen LogP contribution in [0.25, 0.3) is 0 Å². The van der Waals surface area contributed by atoms with Gasteiger partial charge in [0.25, 0.3) is 0 Å². The average Bonchev–Trinajstić information content (AvgIpc) is 2.46. The Morgan fingerprint density at radius 3 is 2.65 bits per heavy atom. The maximum Gasteiger partial charge on any atom is 0.315 e. The zero-order valence-electron chi connectivity index (χ0n) is 11.7. The van der Waals surface area contributed by atoms with E-state index < -0.39 is 0 Å². The van der Waals surface area contributed by atoms with Crippen molar-refractivity contribution >= 4 is 6.03 Å². The van der Waals surface area contributed by atoms with Crippen molar-refractivity contribution in [2.24, 2.45) is 0 Å². The van der Waals surface area contributed by atoms with Gasteiger partial charge in [0.05, 0.1) is 18.7 Å². The van der Waals surface area contributed by atoms with Crippen molar-refractivity contribution in [2.75, 3.05) is 19.8 Å². The van der Waals surface area contributed by atoms with Crippen LogP contribution in [0.1, 0.15) is 25.5 Å². The highest BCUT2D eigenvalue weighted by atomic mass is 16.6. The number of urea groups is 1. The predicted octanol–water partition coefficient (Wildman–Crippen LogP) is 1.20. The van der Waals surface area contributed by atoms with Gasteiger partial charge in [-0.2, -0.15) is 0 Å². The van der Waals surface area contributed by atoms with Crippen LogP contribution in [0.5, 0.6) is 11.5 Å². The number of benzene rings is 1. The number of aliphatic hydroxyl groups excluding tert-OH is 1. The first-order valence-electron chi connectivity index (χ1n) is 6.67. The lowest BCUT2D eigenvalue weighted by molar-refractivity contribution is 0.171. The summed E-state index contributed by atoms with van der Waals surface area (Å²) < 4.78 is 11.0. The van der Waals surface area contributed by atoms with Crippen molar-refractivity contribution in [1.82, 2.24) is 10.6 Å². The van der Waals surface area contributed by atoms with E-state index in [-0.39, 0.29) is 24.7 Å². The van der Waals surface area contributed by atoms with Crippen LogP contribution in [0.3, 0.4) is 0 Å². The molecule has 20 heavy (non-hydrogen) atoms. The summed E-state index contributed by atoms with van der Waals surface area (Å²) in [5.74, 6) is 1.43. The molecule has 2 atom stereocenters. The molecule has 0 radical (unpaired) electrons. The van der Waals surface area contributed by atoms with E-state index in [1.165, 1.54) is 0 Å². The maximum absolute atomic E-state index is 11.7. The van der Waals surface area contributed by atoms with Crippen molar-refractivity contribution in [3.63, 3.8) is 0 Å². The molecular weight excluding hydrogens is 260 g/mol. The third-order valence-electron chi connectivity index (χ3n) is 3.07. The Morgan fingerprint density at radius 2 is 1.95 bits per heavy atom.